The molecule has 1 N–H and O–H groups in total. The van der Waals surface area contributed by atoms with E-state index < -0.39 is 0 Å². The van der Waals surface area contributed by atoms with E-state index >= 15 is 0 Å². The molecule has 0 saturated heterocycles. The highest BCUT2D eigenvalue weighted by Crippen LogP contribution is 2.27. The molecule has 2 aromatic rings. The third kappa shape index (κ3) is 2.71. The number of nitrogens with zero attached hydrogens (tertiary/aromatic N) is 3. The zero-order chi connectivity index (χ0) is 14.2. The van der Waals surface area contributed by atoms with Gasteiger partial charge in [0.2, 0.25) is 0 Å². The summed E-state index contributed by atoms with van der Waals surface area (Å²) in [6, 6.07) is 0.0373. The summed E-state index contributed by atoms with van der Waals surface area (Å²) in [5.41, 5.74) is 2.77. The fraction of sp³-hybridized carbons (Fsp3) is 0.462. The molecule has 2 rings (SSSR count). The minimum atomic E-state index is 0.0373. The molecule has 0 amide bonds. The second-order valence-electron chi connectivity index (χ2n) is 4.64. The van der Waals surface area contributed by atoms with Crippen molar-refractivity contribution in [1.29, 1.82) is 0 Å². The first kappa shape index (κ1) is 13.8. The Kier molecular flexibility index (Phi) is 3.75. The average Bonchev–Trinajstić information content (AvgIpc) is 2.65. The molecule has 0 aliphatic carbocycles. The lowest BCUT2D eigenvalue weighted by atomic mass is 10.1. The highest BCUT2D eigenvalue weighted by molar-refractivity contribution is 6.30. The van der Waals surface area contributed by atoms with Crippen molar-refractivity contribution in [2.45, 2.75) is 40.7 Å². The van der Waals surface area contributed by atoms with Crippen LogP contribution >= 0.6 is 11.6 Å². The molecule has 1 unspecified atom stereocenters. The largest absolute Gasteiger partial charge is 0.363 e. The molecule has 0 fully saturated rings. The van der Waals surface area contributed by atoms with Crippen molar-refractivity contribution in [2.75, 3.05) is 5.32 Å². The van der Waals surface area contributed by atoms with Crippen molar-refractivity contribution in [3.8, 4) is 0 Å². The molecule has 2 heterocycles. The third-order valence-corrected chi connectivity index (χ3v) is 3.44. The highest BCUT2D eigenvalue weighted by Gasteiger charge is 2.18. The Hall–Kier alpha value is -1.62. The molecule has 0 bridgehead atoms. The zero-order valence-corrected chi connectivity index (χ0v) is 12.5. The standard InChI is InChI=1S/C13H17ClN4O/c1-6-12(14)16-10(5)17-13(6)15-7(2)11-8(3)18-19-9(11)4/h7H,1-5H3,(H,15,16,17). The molecule has 0 aliphatic heterocycles. The van der Waals surface area contributed by atoms with Gasteiger partial charge in [0, 0.05) is 11.1 Å². The van der Waals surface area contributed by atoms with Gasteiger partial charge in [0.1, 0.15) is 22.6 Å². The van der Waals surface area contributed by atoms with E-state index in [2.05, 4.69) is 20.4 Å². The molecule has 5 nitrogen and oxygen atoms in total. The van der Waals surface area contributed by atoms with E-state index in [1.54, 1.807) is 0 Å². The number of hydrogen-bond donors (Lipinski definition) is 1. The third-order valence-electron chi connectivity index (χ3n) is 3.07. The first-order valence-electron chi connectivity index (χ1n) is 6.10. The van der Waals surface area contributed by atoms with Crippen molar-refractivity contribution < 1.29 is 4.52 Å². The normalized spacial score (nSPS) is 12.5. The Labute approximate surface area is 117 Å². The van der Waals surface area contributed by atoms with Crippen LogP contribution in [-0.2, 0) is 0 Å². The van der Waals surface area contributed by atoms with E-state index in [9.17, 15) is 0 Å². The monoisotopic (exact) mass is 280 g/mol. The number of nitrogens with one attached hydrogen (secondary N) is 1. The summed E-state index contributed by atoms with van der Waals surface area (Å²) in [5, 5.41) is 7.78. The number of aryl methyl sites for hydroxylation is 3. The van der Waals surface area contributed by atoms with Gasteiger partial charge in [-0.25, -0.2) is 9.97 Å². The maximum absolute atomic E-state index is 6.07. The van der Waals surface area contributed by atoms with Crippen molar-refractivity contribution >= 4 is 17.4 Å². The van der Waals surface area contributed by atoms with E-state index in [0.29, 0.717) is 11.0 Å². The molecular weight excluding hydrogens is 264 g/mol. The van der Waals surface area contributed by atoms with E-state index in [0.717, 1.165) is 28.4 Å². The van der Waals surface area contributed by atoms with Gasteiger partial charge in [0.05, 0.1) is 11.7 Å². The van der Waals surface area contributed by atoms with Gasteiger partial charge in [0.25, 0.3) is 0 Å². The Morgan fingerprint density at radius 3 is 2.42 bits per heavy atom. The maximum Gasteiger partial charge on any atom is 0.139 e. The molecule has 102 valence electrons. The van der Waals surface area contributed by atoms with Crippen LogP contribution < -0.4 is 5.32 Å². The van der Waals surface area contributed by atoms with E-state index in [-0.39, 0.29) is 6.04 Å². The van der Waals surface area contributed by atoms with E-state index in [4.69, 9.17) is 16.1 Å². The summed E-state index contributed by atoms with van der Waals surface area (Å²) >= 11 is 6.07. The number of hydrogen-bond acceptors (Lipinski definition) is 5. The number of aromatic nitrogens is 3. The van der Waals surface area contributed by atoms with Crippen LogP contribution in [0, 0.1) is 27.7 Å². The molecule has 0 radical (unpaired) electrons. The minimum Gasteiger partial charge on any atom is -0.363 e. The van der Waals surface area contributed by atoms with Crippen LogP contribution in [0.5, 0.6) is 0 Å². The highest BCUT2D eigenvalue weighted by atomic mass is 35.5. The van der Waals surface area contributed by atoms with Crippen LogP contribution in [0.15, 0.2) is 4.52 Å². The average molecular weight is 281 g/mol. The molecule has 0 aliphatic rings. The summed E-state index contributed by atoms with van der Waals surface area (Å²) in [4.78, 5) is 8.51. The molecule has 0 saturated carbocycles. The fourth-order valence-electron chi connectivity index (χ4n) is 2.12. The van der Waals surface area contributed by atoms with Crippen LogP contribution in [0.1, 0.15) is 41.4 Å². The van der Waals surface area contributed by atoms with E-state index in [1.165, 1.54) is 0 Å². The lowest BCUT2D eigenvalue weighted by molar-refractivity contribution is 0.392. The van der Waals surface area contributed by atoms with Crippen molar-refractivity contribution in [3.63, 3.8) is 0 Å². The summed E-state index contributed by atoms with van der Waals surface area (Å²) in [6.07, 6.45) is 0. The first-order chi connectivity index (χ1) is 8.90. The molecular formula is C13H17ClN4O. The second kappa shape index (κ2) is 5.17. The lowest BCUT2D eigenvalue weighted by Crippen LogP contribution is -2.12. The van der Waals surface area contributed by atoms with Gasteiger partial charge >= 0.3 is 0 Å². The lowest BCUT2D eigenvalue weighted by Gasteiger charge is -2.16. The molecule has 6 heteroatoms. The zero-order valence-electron chi connectivity index (χ0n) is 11.7. The van der Waals surface area contributed by atoms with Crippen LogP contribution in [0.3, 0.4) is 0 Å². The van der Waals surface area contributed by atoms with Crippen molar-refractivity contribution in [3.05, 3.63) is 33.6 Å². The van der Waals surface area contributed by atoms with E-state index in [1.807, 2.05) is 34.6 Å². The van der Waals surface area contributed by atoms with Gasteiger partial charge in [-0.1, -0.05) is 16.8 Å². The number of halogens is 1. The Balaban J connectivity index is 2.32. The van der Waals surface area contributed by atoms with Crippen LogP contribution in [0.25, 0.3) is 0 Å². The first-order valence-corrected chi connectivity index (χ1v) is 6.48. The smallest absolute Gasteiger partial charge is 0.139 e. The van der Waals surface area contributed by atoms with Gasteiger partial charge in [-0.15, -0.1) is 0 Å². The van der Waals surface area contributed by atoms with Crippen LogP contribution in [0.2, 0.25) is 5.15 Å². The Morgan fingerprint density at radius 1 is 1.16 bits per heavy atom. The topological polar surface area (TPSA) is 63.8 Å². The SMILES string of the molecule is Cc1nc(Cl)c(C)c(NC(C)c2c(C)noc2C)n1. The van der Waals surface area contributed by atoms with Gasteiger partial charge < -0.3 is 9.84 Å². The van der Waals surface area contributed by atoms with Crippen molar-refractivity contribution in [2.24, 2.45) is 0 Å². The fourth-order valence-corrected chi connectivity index (χ4v) is 2.33. The van der Waals surface area contributed by atoms with Gasteiger partial charge in [0.15, 0.2) is 0 Å². The number of rotatable bonds is 3. The summed E-state index contributed by atoms with van der Waals surface area (Å²) in [7, 11) is 0. The summed E-state index contributed by atoms with van der Waals surface area (Å²) in [5.74, 6) is 2.20. The van der Waals surface area contributed by atoms with Gasteiger partial charge in [-0.2, -0.15) is 0 Å². The van der Waals surface area contributed by atoms with Crippen LogP contribution in [0.4, 0.5) is 5.82 Å². The molecule has 1 atom stereocenters. The van der Waals surface area contributed by atoms with Gasteiger partial charge in [-0.3, -0.25) is 0 Å². The Bertz CT molecular complexity index is 589. The quantitative estimate of drug-likeness (QED) is 0.872. The number of anilines is 1. The Morgan fingerprint density at radius 2 is 1.84 bits per heavy atom. The summed E-state index contributed by atoms with van der Waals surface area (Å²) < 4.78 is 5.18. The second-order valence-corrected chi connectivity index (χ2v) is 5.00. The minimum absolute atomic E-state index is 0.0373. The molecule has 19 heavy (non-hydrogen) atoms. The molecule has 0 aromatic carbocycles. The maximum atomic E-state index is 6.07. The molecule has 2 aromatic heterocycles. The molecule has 0 spiro atoms. The predicted octanol–water partition coefficient (Wildman–Crippen LogP) is 3.52. The predicted molar refractivity (Wildman–Crippen MR) is 74.5 cm³/mol. The summed E-state index contributed by atoms with van der Waals surface area (Å²) in [6.45, 7) is 9.58. The van der Waals surface area contributed by atoms with Crippen LogP contribution in [-0.4, -0.2) is 15.1 Å². The van der Waals surface area contributed by atoms with Crippen molar-refractivity contribution in [1.82, 2.24) is 15.1 Å². The van der Waals surface area contributed by atoms with Gasteiger partial charge in [-0.05, 0) is 34.6 Å².